The van der Waals surface area contributed by atoms with Gasteiger partial charge in [-0.15, -0.1) is 0 Å². The molecule has 3 heterocycles. The average molecular weight is 539 g/mol. The fourth-order valence-electron chi connectivity index (χ4n) is 5.58. The van der Waals surface area contributed by atoms with Crippen LogP contribution in [0.4, 0.5) is 5.69 Å². The van der Waals surface area contributed by atoms with E-state index in [0.29, 0.717) is 38.2 Å². The first kappa shape index (κ1) is 23.9. The highest BCUT2D eigenvalue weighted by Gasteiger charge is 2.54. The van der Waals surface area contributed by atoms with Crippen molar-refractivity contribution in [2.45, 2.75) is 37.6 Å². The van der Waals surface area contributed by atoms with E-state index >= 15 is 0 Å². The second-order valence-electron chi connectivity index (χ2n) is 9.68. The minimum absolute atomic E-state index is 0.00227. The van der Waals surface area contributed by atoms with Crippen molar-refractivity contribution in [2.24, 2.45) is 0 Å². The number of carbonyl (C=O) groups excluding carboxylic acids is 3. The van der Waals surface area contributed by atoms with Crippen molar-refractivity contribution in [3.8, 4) is 0 Å². The summed E-state index contributed by atoms with van der Waals surface area (Å²) in [5, 5.41) is 0. The summed E-state index contributed by atoms with van der Waals surface area (Å²) in [6.07, 6.45) is 4.30. The number of hydrogen-bond donors (Lipinski definition) is 0. The molecule has 0 N–H and O–H groups in total. The van der Waals surface area contributed by atoms with E-state index in [1.807, 2.05) is 64.4 Å². The molecule has 0 aromatic heterocycles. The van der Waals surface area contributed by atoms with Gasteiger partial charge in [0, 0.05) is 41.9 Å². The van der Waals surface area contributed by atoms with Gasteiger partial charge >= 0.3 is 0 Å². The molecule has 7 nitrogen and oxygen atoms in total. The normalized spacial score (nSPS) is 20.0. The van der Waals surface area contributed by atoms with E-state index in [9.17, 15) is 14.4 Å². The fraction of sp³-hybridized carbons (Fsp3) is 0.444. The molecule has 0 unspecified atom stereocenters. The molecule has 0 radical (unpaired) electrons. The first-order valence-corrected chi connectivity index (χ1v) is 13.2. The topological polar surface area (TPSA) is 64.2 Å². The first-order chi connectivity index (χ1) is 17.0. The SMILES string of the molecule is O=C(CN1CN(c2ccccc2)C2(CCN(C(=O)c3ccc(Br)cc3)CC2)C1=O)N1CCCCC1. The van der Waals surface area contributed by atoms with Crippen molar-refractivity contribution >= 4 is 39.3 Å². The van der Waals surface area contributed by atoms with Crippen molar-refractivity contribution < 1.29 is 14.4 Å². The highest BCUT2D eigenvalue weighted by Crippen LogP contribution is 2.39. The number of anilines is 1. The van der Waals surface area contributed by atoms with Crippen molar-refractivity contribution in [3.63, 3.8) is 0 Å². The lowest BCUT2D eigenvalue weighted by Crippen LogP contribution is -2.57. The molecule has 8 heteroatoms. The van der Waals surface area contributed by atoms with Gasteiger partial charge in [0.15, 0.2) is 0 Å². The molecule has 0 bridgehead atoms. The molecule has 1 spiro atoms. The van der Waals surface area contributed by atoms with Crippen LogP contribution in [0.1, 0.15) is 42.5 Å². The van der Waals surface area contributed by atoms with Crippen LogP contribution in [-0.2, 0) is 9.59 Å². The number of hydrogen-bond acceptors (Lipinski definition) is 4. The number of para-hydroxylation sites is 1. The molecular weight excluding hydrogens is 508 g/mol. The number of nitrogens with zero attached hydrogens (tertiary/aromatic N) is 4. The third-order valence-corrected chi connectivity index (χ3v) is 8.11. The van der Waals surface area contributed by atoms with E-state index in [-0.39, 0.29) is 24.3 Å². The van der Waals surface area contributed by atoms with Gasteiger partial charge in [0.25, 0.3) is 11.8 Å². The number of benzene rings is 2. The lowest BCUT2D eigenvalue weighted by molar-refractivity contribution is -0.141. The molecule has 0 aliphatic carbocycles. The number of piperidine rings is 2. The summed E-state index contributed by atoms with van der Waals surface area (Å²) in [6, 6.07) is 17.3. The number of halogens is 1. The zero-order chi connectivity index (χ0) is 24.4. The van der Waals surface area contributed by atoms with Crippen molar-refractivity contribution in [3.05, 3.63) is 64.6 Å². The molecule has 2 aromatic rings. The lowest BCUT2D eigenvalue weighted by atomic mass is 9.85. The predicted molar refractivity (Wildman–Crippen MR) is 138 cm³/mol. The van der Waals surface area contributed by atoms with E-state index in [0.717, 1.165) is 42.5 Å². The van der Waals surface area contributed by atoms with Gasteiger partial charge in [0.2, 0.25) is 5.91 Å². The largest absolute Gasteiger partial charge is 0.341 e. The Kier molecular flexibility index (Phi) is 6.82. The Morgan fingerprint density at radius 1 is 0.829 bits per heavy atom. The molecule has 3 amide bonds. The highest BCUT2D eigenvalue weighted by molar-refractivity contribution is 9.10. The second-order valence-corrected chi connectivity index (χ2v) is 10.6. The summed E-state index contributed by atoms with van der Waals surface area (Å²) in [7, 11) is 0. The van der Waals surface area contributed by atoms with Crippen LogP contribution in [0.2, 0.25) is 0 Å². The maximum Gasteiger partial charge on any atom is 0.253 e. The van der Waals surface area contributed by atoms with Crippen molar-refractivity contribution in [1.29, 1.82) is 0 Å². The molecule has 184 valence electrons. The first-order valence-electron chi connectivity index (χ1n) is 12.4. The van der Waals surface area contributed by atoms with Gasteiger partial charge in [-0.05, 0) is 68.5 Å². The molecule has 3 fully saturated rings. The summed E-state index contributed by atoms with van der Waals surface area (Å²) in [5.74, 6) is 0.0228. The van der Waals surface area contributed by atoms with Crippen LogP contribution in [0.3, 0.4) is 0 Å². The number of amides is 3. The van der Waals surface area contributed by atoms with Crippen LogP contribution in [-0.4, -0.2) is 77.4 Å². The molecule has 0 saturated carbocycles. The Hall–Kier alpha value is -2.87. The third kappa shape index (κ3) is 4.68. The van der Waals surface area contributed by atoms with E-state index in [1.165, 1.54) is 0 Å². The fourth-order valence-corrected chi connectivity index (χ4v) is 5.85. The molecule has 0 atom stereocenters. The average Bonchev–Trinajstić information content (AvgIpc) is 3.16. The van der Waals surface area contributed by atoms with Gasteiger partial charge in [0.1, 0.15) is 12.1 Å². The highest BCUT2D eigenvalue weighted by atomic mass is 79.9. The smallest absolute Gasteiger partial charge is 0.253 e. The van der Waals surface area contributed by atoms with Crippen LogP contribution in [0.5, 0.6) is 0 Å². The number of rotatable bonds is 4. The summed E-state index contributed by atoms with van der Waals surface area (Å²) < 4.78 is 0.931. The summed E-state index contributed by atoms with van der Waals surface area (Å²) in [4.78, 5) is 47.6. The van der Waals surface area contributed by atoms with Gasteiger partial charge in [-0.25, -0.2) is 0 Å². The van der Waals surface area contributed by atoms with Crippen LogP contribution >= 0.6 is 15.9 Å². The Bertz CT molecular complexity index is 1080. The van der Waals surface area contributed by atoms with Crippen molar-refractivity contribution in [2.75, 3.05) is 44.3 Å². The van der Waals surface area contributed by atoms with Gasteiger partial charge in [-0.3, -0.25) is 14.4 Å². The quantitative estimate of drug-likeness (QED) is 0.594. The molecule has 3 aliphatic rings. The minimum atomic E-state index is -0.736. The Morgan fingerprint density at radius 2 is 1.49 bits per heavy atom. The lowest BCUT2D eigenvalue weighted by Gasteiger charge is -2.43. The number of carbonyl (C=O) groups is 3. The second kappa shape index (κ2) is 10.0. The zero-order valence-corrected chi connectivity index (χ0v) is 21.5. The van der Waals surface area contributed by atoms with E-state index in [4.69, 9.17) is 0 Å². The summed E-state index contributed by atoms with van der Waals surface area (Å²) in [5.41, 5.74) is 0.886. The standard InChI is InChI=1S/C27H31BrN4O3/c28-22-11-9-21(10-12-22)25(34)30-17-13-27(14-18-30)26(35)31(19-24(33)29-15-5-2-6-16-29)20-32(27)23-7-3-1-4-8-23/h1,3-4,7-12H,2,5-6,13-20H2. The monoisotopic (exact) mass is 538 g/mol. The molecule has 3 aliphatic heterocycles. The Morgan fingerprint density at radius 3 is 2.14 bits per heavy atom. The maximum absolute atomic E-state index is 13.9. The molecule has 5 rings (SSSR count). The van der Waals surface area contributed by atoms with E-state index in [2.05, 4.69) is 20.8 Å². The third-order valence-electron chi connectivity index (χ3n) is 7.59. The summed E-state index contributed by atoms with van der Waals surface area (Å²) >= 11 is 3.41. The zero-order valence-electron chi connectivity index (χ0n) is 19.9. The molecule has 35 heavy (non-hydrogen) atoms. The van der Waals surface area contributed by atoms with E-state index < -0.39 is 5.54 Å². The van der Waals surface area contributed by atoms with Crippen molar-refractivity contribution in [1.82, 2.24) is 14.7 Å². The van der Waals surface area contributed by atoms with Crippen LogP contribution in [0.15, 0.2) is 59.1 Å². The number of likely N-dealkylation sites (tertiary alicyclic amines) is 2. The van der Waals surface area contributed by atoms with Gasteiger partial charge < -0.3 is 19.6 Å². The Labute approximate surface area is 214 Å². The summed E-state index contributed by atoms with van der Waals surface area (Å²) in [6.45, 7) is 3.06. The minimum Gasteiger partial charge on any atom is -0.341 e. The van der Waals surface area contributed by atoms with E-state index in [1.54, 1.807) is 4.90 Å². The van der Waals surface area contributed by atoms with Crippen LogP contribution in [0.25, 0.3) is 0 Å². The molecule has 3 saturated heterocycles. The Balaban J connectivity index is 1.34. The van der Waals surface area contributed by atoms with Crippen LogP contribution in [0, 0.1) is 0 Å². The van der Waals surface area contributed by atoms with Gasteiger partial charge in [-0.1, -0.05) is 34.1 Å². The predicted octanol–water partition coefficient (Wildman–Crippen LogP) is 3.74. The maximum atomic E-state index is 13.9. The van der Waals surface area contributed by atoms with Gasteiger partial charge in [-0.2, -0.15) is 0 Å². The molecular formula is C27H31BrN4O3. The van der Waals surface area contributed by atoms with Crippen LogP contribution < -0.4 is 4.90 Å². The van der Waals surface area contributed by atoms with Gasteiger partial charge in [0.05, 0.1) is 6.67 Å². The molecule has 2 aromatic carbocycles.